The third-order valence-electron chi connectivity index (χ3n) is 4.01. The van der Waals surface area contributed by atoms with Crippen molar-refractivity contribution in [2.75, 3.05) is 18.8 Å². The summed E-state index contributed by atoms with van der Waals surface area (Å²) >= 11 is 0. The van der Waals surface area contributed by atoms with Crippen LogP contribution in [0.5, 0.6) is 0 Å². The lowest BCUT2D eigenvalue weighted by Gasteiger charge is -2.40. The molecule has 4 heteroatoms. The van der Waals surface area contributed by atoms with Gasteiger partial charge in [-0.05, 0) is 31.6 Å². The molecule has 1 aliphatic carbocycles. The number of hydrogen-bond donors (Lipinski definition) is 0. The van der Waals surface area contributed by atoms with Crippen molar-refractivity contribution in [3.05, 3.63) is 0 Å². The van der Waals surface area contributed by atoms with Gasteiger partial charge in [0.05, 0.1) is 5.75 Å². The summed E-state index contributed by atoms with van der Waals surface area (Å²) < 4.78 is 25.2. The highest BCUT2D eigenvalue weighted by Gasteiger charge is 2.34. The molecule has 2 fully saturated rings. The van der Waals surface area contributed by atoms with E-state index < -0.39 is 10.0 Å². The maximum absolute atomic E-state index is 11.8. The number of sulfonamides is 1. The van der Waals surface area contributed by atoms with Gasteiger partial charge in [-0.25, -0.2) is 12.7 Å². The first-order chi connectivity index (χ1) is 7.13. The van der Waals surface area contributed by atoms with Crippen LogP contribution in [0, 0.1) is 11.8 Å². The molecular weight excluding hydrogens is 210 g/mol. The molecule has 0 aromatic heterocycles. The van der Waals surface area contributed by atoms with Gasteiger partial charge in [0.2, 0.25) is 10.0 Å². The van der Waals surface area contributed by atoms with Crippen molar-refractivity contribution in [3.8, 4) is 0 Å². The molecule has 2 aliphatic rings. The molecule has 0 radical (unpaired) electrons. The van der Waals surface area contributed by atoms with E-state index in [4.69, 9.17) is 0 Å². The van der Waals surface area contributed by atoms with Gasteiger partial charge >= 0.3 is 0 Å². The van der Waals surface area contributed by atoms with E-state index >= 15 is 0 Å². The van der Waals surface area contributed by atoms with E-state index in [9.17, 15) is 8.42 Å². The Hall–Kier alpha value is -0.0900. The minimum absolute atomic E-state index is 0.254. The van der Waals surface area contributed by atoms with Gasteiger partial charge in [0, 0.05) is 13.1 Å². The van der Waals surface area contributed by atoms with Gasteiger partial charge in [0.25, 0.3) is 0 Å². The first-order valence-corrected chi connectivity index (χ1v) is 7.72. The second kappa shape index (κ2) is 4.42. The van der Waals surface area contributed by atoms with Gasteiger partial charge in [0.15, 0.2) is 0 Å². The number of rotatable bonds is 2. The predicted octanol–water partition coefficient (Wildman–Crippen LogP) is 1.85. The van der Waals surface area contributed by atoms with Crippen LogP contribution in [0.25, 0.3) is 0 Å². The van der Waals surface area contributed by atoms with Crippen LogP contribution in [0.4, 0.5) is 0 Å². The monoisotopic (exact) mass is 231 g/mol. The van der Waals surface area contributed by atoms with Crippen LogP contribution >= 0.6 is 0 Å². The highest BCUT2D eigenvalue weighted by Crippen LogP contribution is 2.36. The summed E-state index contributed by atoms with van der Waals surface area (Å²) in [6.07, 6.45) is 6.29. The zero-order valence-corrected chi connectivity index (χ0v) is 10.3. The molecule has 0 aromatic rings. The molecule has 1 heterocycles. The van der Waals surface area contributed by atoms with Gasteiger partial charge in [-0.3, -0.25) is 0 Å². The quantitative estimate of drug-likeness (QED) is 0.727. The summed E-state index contributed by atoms with van der Waals surface area (Å²) in [6.45, 7) is 3.29. The number of piperidine rings is 1. The average molecular weight is 231 g/mol. The Morgan fingerprint density at radius 2 is 1.80 bits per heavy atom. The molecule has 1 saturated heterocycles. The van der Waals surface area contributed by atoms with Crippen molar-refractivity contribution < 1.29 is 8.42 Å². The summed E-state index contributed by atoms with van der Waals surface area (Å²) in [4.78, 5) is 0. The molecule has 1 aliphatic heterocycles. The van der Waals surface area contributed by atoms with E-state index in [1.54, 1.807) is 11.2 Å². The summed E-state index contributed by atoms with van der Waals surface area (Å²) in [6, 6.07) is 0. The second-order valence-electron chi connectivity index (χ2n) is 4.85. The topological polar surface area (TPSA) is 37.4 Å². The zero-order chi connectivity index (χ0) is 10.9. The lowest BCUT2D eigenvalue weighted by molar-refractivity contribution is 0.136. The van der Waals surface area contributed by atoms with Crippen molar-refractivity contribution >= 4 is 10.0 Å². The molecule has 88 valence electrons. The Kier molecular flexibility index (Phi) is 3.36. The van der Waals surface area contributed by atoms with Crippen molar-refractivity contribution in [1.29, 1.82) is 0 Å². The Morgan fingerprint density at radius 1 is 1.13 bits per heavy atom. The van der Waals surface area contributed by atoms with Crippen molar-refractivity contribution in [2.45, 2.75) is 39.0 Å². The average Bonchev–Trinajstić information content (AvgIpc) is 2.28. The maximum Gasteiger partial charge on any atom is 0.213 e. The van der Waals surface area contributed by atoms with Crippen molar-refractivity contribution in [3.63, 3.8) is 0 Å². The van der Waals surface area contributed by atoms with Gasteiger partial charge in [-0.1, -0.05) is 19.3 Å². The second-order valence-corrected chi connectivity index (χ2v) is 7.11. The molecule has 2 unspecified atom stereocenters. The van der Waals surface area contributed by atoms with E-state index in [1.165, 1.54) is 25.7 Å². The fourth-order valence-electron chi connectivity index (χ4n) is 3.00. The fourth-order valence-corrected chi connectivity index (χ4v) is 4.17. The molecule has 0 N–H and O–H groups in total. The summed E-state index contributed by atoms with van der Waals surface area (Å²) in [5.74, 6) is 1.71. The smallest absolute Gasteiger partial charge is 0.212 e. The number of fused-ring (bicyclic) bond motifs is 1. The van der Waals surface area contributed by atoms with E-state index in [1.807, 2.05) is 0 Å². The van der Waals surface area contributed by atoms with Crippen LogP contribution in [0.1, 0.15) is 39.0 Å². The van der Waals surface area contributed by atoms with Gasteiger partial charge in [-0.2, -0.15) is 0 Å². The molecule has 0 bridgehead atoms. The minimum Gasteiger partial charge on any atom is -0.212 e. The Labute approximate surface area is 92.9 Å². The normalized spacial score (nSPS) is 33.7. The summed E-state index contributed by atoms with van der Waals surface area (Å²) in [5.41, 5.74) is 0. The molecule has 1 saturated carbocycles. The third kappa shape index (κ3) is 2.36. The molecular formula is C11H21NO2S. The Balaban J connectivity index is 2.02. The van der Waals surface area contributed by atoms with E-state index in [0.717, 1.165) is 25.4 Å². The van der Waals surface area contributed by atoms with Crippen LogP contribution in [0.3, 0.4) is 0 Å². The first kappa shape index (κ1) is 11.4. The molecule has 2 atom stereocenters. The molecule has 15 heavy (non-hydrogen) atoms. The van der Waals surface area contributed by atoms with E-state index in [2.05, 4.69) is 0 Å². The van der Waals surface area contributed by atoms with Crippen LogP contribution in [-0.2, 0) is 10.0 Å². The molecule has 0 amide bonds. The molecule has 2 rings (SSSR count). The highest BCUT2D eigenvalue weighted by molar-refractivity contribution is 7.89. The Morgan fingerprint density at radius 3 is 2.47 bits per heavy atom. The molecule has 0 aromatic carbocycles. The molecule has 0 spiro atoms. The van der Waals surface area contributed by atoms with Crippen LogP contribution < -0.4 is 0 Å². The zero-order valence-electron chi connectivity index (χ0n) is 9.48. The molecule has 3 nitrogen and oxygen atoms in total. The minimum atomic E-state index is -2.94. The van der Waals surface area contributed by atoms with E-state index in [0.29, 0.717) is 5.92 Å². The van der Waals surface area contributed by atoms with E-state index in [-0.39, 0.29) is 5.75 Å². The number of nitrogens with zero attached hydrogens (tertiary/aromatic N) is 1. The van der Waals surface area contributed by atoms with Crippen LogP contribution in [-0.4, -0.2) is 31.6 Å². The summed E-state index contributed by atoms with van der Waals surface area (Å²) in [7, 11) is -2.94. The Bertz CT molecular complexity index is 313. The maximum atomic E-state index is 11.8. The predicted molar refractivity (Wildman–Crippen MR) is 61.1 cm³/mol. The van der Waals surface area contributed by atoms with Crippen molar-refractivity contribution in [2.24, 2.45) is 11.8 Å². The first-order valence-electron chi connectivity index (χ1n) is 6.11. The van der Waals surface area contributed by atoms with Crippen LogP contribution in [0.2, 0.25) is 0 Å². The van der Waals surface area contributed by atoms with Gasteiger partial charge < -0.3 is 0 Å². The lowest BCUT2D eigenvalue weighted by Crippen LogP contribution is -2.45. The summed E-state index contributed by atoms with van der Waals surface area (Å²) in [5, 5.41) is 0. The largest absolute Gasteiger partial charge is 0.213 e. The lowest BCUT2D eigenvalue weighted by atomic mass is 9.76. The number of hydrogen-bond acceptors (Lipinski definition) is 2. The van der Waals surface area contributed by atoms with Gasteiger partial charge in [-0.15, -0.1) is 0 Å². The van der Waals surface area contributed by atoms with Gasteiger partial charge in [0.1, 0.15) is 0 Å². The fraction of sp³-hybridized carbons (Fsp3) is 1.00. The van der Waals surface area contributed by atoms with Crippen LogP contribution in [0.15, 0.2) is 0 Å². The SMILES string of the molecule is CCS(=O)(=O)N1CCC2CCCCC2C1. The highest BCUT2D eigenvalue weighted by atomic mass is 32.2. The third-order valence-corrected chi connectivity index (χ3v) is 5.86. The standard InChI is InChI=1S/C11H21NO2S/c1-2-15(13,14)12-8-7-10-5-3-4-6-11(10)9-12/h10-11H,2-9H2,1H3. The van der Waals surface area contributed by atoms with Crippen molar-refractivity contribution in [1.82, 2.24) is 4.31 Å².